The molecule has 2 heterocycles. The minimum atomic E-state index is 0. The number of carbonyl (C=O) groups excluding carboxylic acids is 1. The van der Waals surface area contributed by atoms with E-state index in [1.54, 1.807) is 138 Å². The molecular weight excluding hydrogens is 892 g/mol. The van der Waals surface area contributed by atoms with Gasteiger partial charge in [-0.1, -0.05) is 25.5 Å². The van der Waals surface area contributed by atoms with Gasteiger partial charge in [0.2, 0.25) is 5.91 Å². The van der Waals surface area contributed by atoms with Crippen LogP contribution in [0.25, 0.3) is 0 Å². The van der Waals surface area contributed by atoms with Crippen LogP contribution in [0.4, 0.5) is 0 Å². The average molecular weight is 927 g/mol. The molecule has 1 amide bonds. The van der Waals surface area contributed by atoms with E-state index < -0.39 is 0 Å². The highest BCUT2D eigenvalue weighted by atomic mass is 35.7. The van der Waals surface area contributed by atoms with Gasteiger partial charge in [0.25, 0.3) is 0 Å². The van der Waals surface area contributed by atoms with Crippen molar-refractivity contribution in [1.29, 1.82) is 0 Å². The van der Waals surface area contributed by atoms with Crippen LogP contribution in [0.2, 0.25) is 0 Å². The molecule has 2 rings (SSSR count). The van der Waals surface area contributed by atoms with Gasteiger partial charge in [0.05, 0.1) is 0 Å². The predicted octanol–water partition coefficient (Wildman–Crippen LogP) is 14.4. The van der Waals surface area contributed by atoms with Gasteiger partial charge >= 0.3 is 0 Å². The maximum absolute atomic E-state index is 10.9. The summed E-state index contributed by atoms with van der Waals surface area (Å²) in [6, 6.07) is 0. The summed E-state index contributed by atoms with van der Waals surface area (Å²) in [7, 11) is 32.6. The highest BCUT2D eigenvalue weighted by Crippen LogP contribution is 2.63. The van der Waals surface area contributed by atoms with E-state index in [1.807, 2.05) is 6.92 Å². The molecule has 2 atom stereocenters. The summed E-state index contributed by atoms with van der Waals surface area (Å²) < 4.78 is 0. The van der Waals surface area contributed by atoms with Gasteiger partial charge in [-0.15, -0.1) is 12.4 Å². The molecule has 0 radical (unpaired) electrons. The first kappa shape index (κ1) is 51.5. The predicted molar refractivity (Wildman–Crippen MR) is 236 cm³/mol. The lowest BCUT2D eigenvalue weighted by Gasteiger charge is -2.16. The zero-order valence-electron chi connectivity index (χ0n) is 20.9. The quantitative estimate of drug-likeness (QED) is 0.0828. The smallest absolute Gasteiger partial charge is 0.223 e. The van der Waals surface area contributed by atoms with Crippen molar-refractivity contribution in [2.24, 2.45) is 11.8 Å². The Kier molecular flexibility index (Phi) is 45.5. The number of thiol groups is 1. The molecule has 0 aromatic rings. The normalized spacial score (nSPS) is 20.4. The van der Waals surface area contributed by atoms with E-state index in [-0.39, 0.29) is 56.8 Å². The Morgan fingerprint density at radius 1 is 0.737 bits per heavy atom. The molecule has 2 aliphatic heterocycles. The fraction of sp³-hybridized carbons (Fsp3) is 0.929. The van der Waals surface area contributed by atoms with Crippen molar-refractivity contribution < 1.29 is 4.79 Å². The lowest BCUT2D eigenvalue weighted by Crippen LogP contribution is -2.34. The van der Waals surface area contributed by atoms with Crippen LogP contribution in [0.5, 0.6) is 0 Å². The average Bonchev–Trinajstić information content (AvgIpc) is 3.22. The molecule has 0 spiro atoms. The number of hydrogen-bond donors (Lipinski definition) is 3. The minimum Gasteiger partial charge on any atom is -0.351 e. The number of carbonyl (C=O) groups is 1. The molecule has 0 aliphatic carbocycles. The first-order chi connectivity index (χ1) is 16.5. The van der Waals surface area contributed by atoms with E-state index in [2.05, 4.69) is 56.9 Å². The summed E-state index contributed by atoms with van der Waals surface area (Å²) >= 11 is 4.04. The molecule has 234 valence electrons. The number of rotatable bonds is 15. The van der Waals surface area contributed by atoms with E-state index in [0.717, 1.165) is 12.3 Å². The lowest BCUT2D eigenvalue weighted by atomic mass is 9.98. The van der Waals surface area contributed by atoms with Crippen LogP contribution < -0.4 is 10.6 Å². The van der Waals surface area contributed by atoms with Crippen LogP contribution >= 0.6 is 219 Å². The molecule has 24 heteroatoms. The summed E-state index contributed by atoms with van der Waals surface area (Å²) in [6.07, 6.45) is 2.29. The highest BCUT2D eigenvalue weighted by Gasteiger charge is 2.33. The Morgan fingerprint density at radius 3 is 1.32 bits per heavy atom. The zero-order chi connectivity index (χ0) is 26.6. The third kappa shape index (κ3) is 34.0. The summed E-state index contributed by atoms with van der Waals surface area (Å²) in [5.74, 6) is 1.28. The van der Waals surface area contributed by atoms with Gasteiger partial charge in [-0.2, -0.15) is 27.0 Å². The molecule has 2 saturated heterocycles. The molecular formula is C14H34Cl2N2OS19. The Balaban J connectivity index is -0.000000243. The van der Waals surface area contributed by atoms with Crippen LogP contribution in [0.1, 0.15) is 54.4 Å². The Labute approximate surface area is 319 Å². The van der Waals surface area contributed by atoms with Crippen molar-refractivity contribution in [3.05, 3.63) is 0 Å². The number of hydrogen-bond acceptors (Lipinski definition) is 19. The van der Waals surface area contributed by atoms with Crippen molar-refractivity contribution in [3.8, 4) is 0 Å². The molecule has 3 nitrogen and oxygen atoms in total. The van der Waals surface area contributed by atoms with Crippen molar-refractivity contribution in [3.63, 3.8) is 0 Å². The SMILES string of the molecule is C[C@@H]1CNC(C)(C)C1.C[C@H]1CC(C)(C)NC1=O.Cl.S.S.SSSSSSSSSSSSSSSSSCl. The summed E-state index contributed by atoms with van der Waals surface area (Å²) in [6.45, 7) is 14.1. The van der Waals surface area contributed by atoms with E-state index in [9.17, 15) is 4.79 Å². The standard InChI is InChI=1S/C7H13NO.C7H15N.ClHS17.ClH.2H2S/c1-5-4-7(2,3)8-6(5)9;1-6-4-7(2,3)8-5-6;1-3-5-7-9-11-13-15-17-18-16-14-12-10-8-6-4-2;;;/h5H,4H2,1-3H3,(H,8,9);6,8H,4-5H2,1-3H3;2H;1H;2*1H2/t5-;6-;;;;/m00..../s1. The molecule has 0 aromatic heterocycles. The first-order valence-corrected chi connectivity index (χ1v) is 32.2. The molecule has 2 fully saturated rings. The second kappa shape index (κ2) is 33.6. The Bertz CT molecular complexity index is 528. The van der Waals surface area contributed by atoms with Crippen molar-refractivity contribution in [1.82, 2.24) is 10.6 Å². The zero-order valence-corrected chi connectivity index (χ0v) is 38.5. The minimum absolute atomic E-state index is 0. The van der Waals surface area contributed by atoms with E-state index in [1.165, 1.54) is 32.8 Å². The third-order valence-electron chi connectivity index (χ3n) is 3.93. The van der Waals surface area contributed by atoms with Crippen LogP contribution in [0.15, 0.2) is 0 Å². The van der Waals surface area contributed by atoms with Crippen molar-refractivity contribution >= 4 is 225 Å². The number of amides is 1. The van der Waals surface area contributed by atoms with Crippen molar-refractivity contribution in [2.45, 2.75) is 65.5 Å². The van der Waals surface area contributed by atoms with E-state index in [4.69, 9.17) is 10.7 Å². The van der Waals surface area contributed by atoms with Gasteiger partial charge in [-0.05, 0) is 142 Å². The molecule has 0 bridgehead atoms. The summed E-state index contributed by atoms with van der Waals surface area (Å²) in [5.41, 5.74) is 0.454. The van der Waals surface area contributed by atoms with Gasteiger partial charge in [0.1, 0.15) is 0 Å². The van der Waals surface area contributed by atoms with Crippen LogP contribution in [-0.2, 0) is 4.79 Å². The maximum Gasteiger partial charge on any atom is 0.223 e. The second-order valence-corrected chi connectivity index (χ2v) is 36.5. The summed E-state index contributed by atoms with van der Waals surface area (Å²) in [5, 5.41) is 6.35. The van der Waals surface area contributed by atoms with Gasteiger partial charge < -0.3 is 10.6 Å². The third-order valence-corrected chi connectivity index (χ3v) is 37.3. The Morgan fingerprint density at radius 2 is 1.13 bits per heavy atom. The van der Waals surface area contributed by atoms with Gasteiger partial charge in [-0.3, -0.25) is 4.79 Å². The fourth-order valence-corrected chi connectivity index (χ4v) is 41.5. The van der Waals surface area contributed by atoms with Gasteiger partial charge in [-0.25, -0.2) is 0 Å². The highest BCUT2D eigenvalue weighted by molar-refractivity contribution is 9.57. The lowest BCUT2D eigenvalue weighted by molar-refractivity contribution is -0.122. The van der Waals surface area contributed by atoms with E-state index >= 15 is 0 Å². The van der Waals surface area contributed by atoms with Crippen LogP contribution in [0.3, 0.4) is 0 Å². The molecule has 0 aromatic carbocycles. The van der Waals surface area contributed by atoms with Gasteiger partial charge in [0, 0.05) is 95.8 Å². The number of halogens is 2. The largest absolute Gasteiger partial charge is 0.351 e. The molecule has 0 unspecified atom stereocenters. The molecule has 2 N–H and O–H groups in total. The maximum atomic E-state index is 10.9. The molecule has 38 heavy (non-hydrogen) atoms. The Hall–Kier alpha value is 6.66. The topological polar surface area (TPSA) is 41.1 Å². The first-order valence-electron chi connectivity index (χ1n) is 9.52. The van der Waals surface area contributed by atoms with Crippen LogP contribution in [-0.4, -0.2) is 23.5 Å². The number of nitrogens with one attached hydrogen (secondary N) is 2. The van der Waals surface area contributed by atoms with E-state index in [0.29, 0.717) is 5.54 Å². The fourth-order valence-electron chi connectivity index (χ4n) is 2.99. The van der Waals surface area contributed by atoms with Crippen LogP contribution in [0, 0.1) is 11.8 Å². The monoisotopic (exact) mass is 924 g/mol. The summed E-state index contributed by atoms with van der Waals surface area (Å²) in [4.78, 5) is 10.9. The van der Waals surface area contributed by atoms with Crippen molar-refractivity contribution in [2.75, 3.05) is 6.54 Å². The molecule has 2 aliphatic rings. The second-order valence-electron chi connectivity index (χ2n) is 8.14. The molecule has 0 saturated carbocycles. The van der Waals surface area contributed by atoms with Gasteiger partial charge in [0.15, 0.2) is 0 Å².